The molecule has 0 heterocycles. The van der Waals surface area contributed by atoms with Gasteiger partial charge >= 0.3 is 0 Å². The van der Waals surface area contributed by atoms with Crippen LogP contribution in [0, 0.1) is 6.92 Å². The summed E-state index contributed by atoms with van der Waals surface area (Å²) in [7, 11) is -1.76. The first-order chi connectivity index (χ1) is 8.35. The molecule has 1 rings (SSSR count). The molecule has 1 unspecified atom stereocenters. The summed E-state index contributed by atoms with van der Waals surface area (Å²) in [4.78, 5) is 4.06. The Labute approximate surface area is 108 Å². The molecule has 1 aromatic rings. The Kier molecular flexibility index (Phi) is 4.72. The van der Waals surface area contributed by atoms with E-state index in [2.05, 4.69) is 10.3 Å². The fourth-order valence-electron chi connectivity index (χ4n) is 1.53. The number of nitrogens with two attached hydrogens (primary N) is 1. The van der Waals surface area contributed by atoms with E-state index in [0.717, 1.165) is 5.56 Å². The van der Waals surface area contributed by atoms with Crippen LogP contribution in [0.2, 0.25) is 0 Å². The molecule has 100 valence electrons. The average molecular weight is 269 g/mol. The molecule has 0 aliphatic heterocycles. The highest BCUT2D eigenvalue weighted by molar-refractivity contribution is 7.91. The van der Waals surface area contributed by atoms with E-state index in [4.69, 9.17) is 5.73 Å². The number of nitrogens with zero attached hydrogens (tertiary/aromatic N) is 1. The van der Waals surface area contributed by atoms with Crippen LogP contribution in [0.4, 0.5) is 0 Å². The van der Waals surface area contributed by atoms with E-state index in [9.17, 15) is 8.42 Å². The summed E-state index contributed by atoms with van der Waals surface area (Å²) in [5.74, 6) is 0.216. The monoisotopic (exact) mass is 269 g/mol. The van der Waals surface area contributed by atoms with E-state index in [-0.39, 0.29) is 17.8 Å². The van der Waals surface area contributed by atoms with Crippen molar-refractivity contribution in [3.8, 4) is 0 Å². The van der Waals surface area contributed by atoms with Crippen molar-refractivity contribution in [3.05, 3.63) is 29.8 Å². The smallest absolute Gasteiger partial charge is 0.188 e. The Morgan fingerprint density at radius 3 is 2.44 bits per heavy atom. The minimum atomic E-state index is -3.30. The lowest BCUT2D eigenvalue weighted by molar-refractivity contribution is 0.585. The maximum absolute atomic E-state index is 12.1. The molecule has 1 atom stereocenters. The number of rotatable bonds is 4. The van der Waals surface area contributed by atoms with Crippen LogP contribution in [0.1, 0.15) is 12.5 Å². The van der Waals surface area contributed by atoms with Crippen LogP contribution >= 0.6 is 0 Å². The molecular weight excluding hydrogens is 250 g/mol. The molecule has 6 heteroatoms. The summed E-state index contributed by atoms with van der Waals surface area (Å²) < 4.78 is 24.2. The zero-order valence-corrected chi connectivity index (χ0v) is 11.7. The third-order valence-corrected chi connectivity index (χ3v) is 4.41. The van der Waals surface area contributed by atoms with Crippen molar-refractivity contribution >= 4 is 15.8 Å². The third kappa shape index (κ3) is 4.03. The van der Waals surface area contributed by atoms with Gasteiger partial charge in [0.25, 0.3) is 0 Å². The standard InChI is InChI=1S/C12H19N3O2S/c1-9-4-6-11(7-5-9)18(16,17)8-10(2)15-12(13)14-3/h4-7,10H,8H2,1-3H3,(H3,13,14,15). The third-order valence-electron chi connectivity index (χ3n) is 2.48. The van der Waals surface area contributed by atoms with Gasteiger partial charge in [-0.1, -0.05) is 17.7 Å². The summed E-state index contributed by atoms with van der Waals surface area (Å²) in [6.45, 7) is 3.67. The zero-order valence-electron chi connectivity index (χ0n) is 10.8. The van der Waals surface area contributed by atoms with Gasteiger partial charge in [-0.15, -0.1) is 0 Å². The lowest BCUT2D eigenvalue weighted by Gasteiger charge is -2.14. The van der Waals surface area contributed by atoms with Crippen LogP contribution in [-0.4, -0.2) is 33.2 Å². The van der Waals surface area contributed by atoms with Crippen molar-refractivity contribution in [3.63, 3.8) is 0 Å². The molecule has 5 nitrogen and oxygen atoms in total. The maximum atomic E-state index is 12.1. The van der Waals surface area contributed by atoms with E-state index in [1.54, 1.807) is 38.2 Å². The predicted molar refractivity (Wildman–Crippen MR) is 73.4 cm³/mol. The average Bonchev–Trinajstić information content (AvgIpc) is 2.28. The summed E-state index contributed by atoms with van der Waals surface area (Å²) in [5, 5.41) is 2.82. The minimum absolute atomic E-state index is 0.0215. The second-order valence-corrected chi connectivity index (χ2v) is 6.28. The first-order valence-corrected chi connectivity index (χ1v) is 7.28. The number of hydrogen-bond donors (Lipinski definition) is 2. The number of aliphatic imine (C=N–C) groups is 1. The number of aryl methyl sites for hydroxylation is 1. The van der Waals surface area contributed by atoms with E-state index >= 15 is 0 Å². The molecule has 0 aliphatic rings. The highest BCUT2D eigenvalue weighted by Gasteiger charge is 2.18. The van der Waals surface area contributed by atoms with Gasteiger partial charge in [0.15, 0.2) is 15.8 Å². The largest absolute Gasteiger partial charge is 0.370 e. The highest BCUT2D eigenvalue weighted by Crippen LogP contribution is 2.12. The molecule has 18 heavy (non-hydrogen) atoms. The zero-order chi connectivity index (χ0) is 13.8. The first kappa shape index (κ1) is 14.5. The minimum Gasteiger partial charge on any atom is -0.370 e. The van der Waals surface area contributed by atoms with E-state index in [0.29, 0.717) is 4.90 Å². The Morgan fingerprint density at radius 1 is 1.39 bits per heavy atom. The van der Waals surface area contributed by atoms with Crippen molar-refractivity contribution in [1.29, 1.82) is 0 Å². The lowest BCUT2D eigenvalue weighted by atomic mass is 10.2. The van der Waals surface area contributed by atoms with Gasteiger partial charge in [-0.3, -0.25) is 4.99 Å². The van der Waals surface area contributed by atoms with Crippen LogP contribution in [0.5, 0.6) is 0 Å². The Bertz CT molecular complexity index is 521. The van der Waals surface area contributed by atoms with Gasteiger partial charge < -0.3 is 11.1 Å². The maximum Gasteiger partial charge on any atom is 0.188 e. The first-order valence-electron chi connectivity index (χ1n) is 5.63. The predicted octanol–water partition coefficient (Wildman–Crippen LogP) is 0.691. The Hall–Kier alpha value is -1.56. The van der Waals surface area contributed by atoms with Crippen LogP contribution in [-0.2, 0) is 9.84 Å². The second kappa shape index (κ2) is 5.86. The molecule has 0 saturated heterocycles. The fourth-order valence-corrected chi connectivity index (χ4v) is 3.01. The molecule has 3 N–H and O–H groups in total. The molecule has 1 aromatic carbocycles. The Morgan fingerprint density at radius 2 is 1.94 bits per heavy atom. The molecule has 0 bridgehead atoms. The quantitative estimate of drug-likeness (QED) is 0.622. The van der Waals surface area contributed by atoms with Crippen molar-refractivity contribution in [2.75, 3.05) is 12.8 Å². The number of nitrogens with one attached hydrogen (secondary N) is 1. The van der Waals surface area contributed by atoms with Crippen molar-refractivity contribution in [1.82, 2.24) is 5.32 Å². The molecule has 0 spiro atoms. The van der Waals surface area contributed by atoms with E-state index in [1.165, 1.54) is 0 Å². The van der Waals surface area contributed by atoms with Gasteiger partial charge in [0.2, 0.25) is 0 Å². The summed E-state index contributed by atoms with van der Waals surface area (Å²) in [6.07, 6.45) is 0. The topological polar surface area (TPSA) is 84.5 Å². The SMILES string of the molecule is CN=C(N)NC(C)CS(=O)(=O)c1ccc(C)cc1. The summed E-state index contributed by atoms with van der Waals surface area (Å²) in [6, 6.07) is 6.52. The van der Waals surface area contributed by atoms with E-state index in [1.807, 2.05) is 6.92 Å². The van der Waals surface area contributed by atoms with Crippen LogP contribution < -0.4 is 11.1 Å². The number of hydrogen-bond acceptors (Lipinski definition) is 3. The fraction of sp³-hybridized carbons (Fsp3) is 0.417. The van der Waals surface area contributed by atoms with Crippen molar-refractivity contribution in [2.24, 2.45) is 10.7 Å². The van der Waals surface area contributed by atoms with Crippen LogP contribution in [0.25, 0.3) is 0 Å². The highest BCUT2D eigenvalue weighted by atomic mass is 32.2. The van der Waals surface area contributed by atoms with Crippen LogP contribution in [0.15, 0.2) is 34.2 Å². The van der Waals surface area contributed by atoms with Gasteiger partial charge in [-0.2, -0.15) is 0 Å². The Balaban J connectivity index is 2.79. The normalized spacial score (nSPS) is 14.3. The van der Waals surface area contributed by atoms with Gasteiger partial charge in [0.05, 0.1) is 10.6 Å². The molecule has 0 fully saturated rings. The molecule has 0 saturated carbocycles. The molecule has 0 amide bonds. The summed E-state index contributed by atoms with van der Waals surface area (Å²) >= 11 is 0. The van der Waals surface area contributed by atoms with Crippen molar-refractivity contribution in [2.45, 2.75) is 24.8 Å². The van der Waals surface area contributed by atoms with E-state index < -0.39 is 9.84 Å². The molecule has 0 radical (unpaired) electrons. The number of benzene rings is 1. The molecule has 0 aliphatic carbocycles. The van der Waals surface area contributed by atoms with Gasteiger partial charge in [0.1, 0.15) is 0 Å². The second-order valence-electron chi connectivity index (χ2n) is 4.25. The van der Waals surface area contributed by atoms with Crippen LogP contribution in [0.3, 0.4) is 0 Å². The summed E-state index contributed by atoms with van der Waals surface area (Å²) in [5.41, 5.74) is 6.53. The number of sulfone groups is 1. The molecular formula is C12H19N3O2S. The van der Waals surface area contributed by atoms with Gasteiger partial charge in [0, 0.05) is 13.1 Å². The molecule has 0 aromatic heterocycles. The van der Waals surface area contributed by atoms with Gasteiger partial charge in [-0.05, 0) is 26.0 Å². The number of guanidine groups is 1. The van der Waals surface area contributed by atoms with Crippen molar-refractivity contribution < 1.29 is 8.42 Å². The van der Waals surface area contributed by atoms with Gasteiger partial charge in [-0.25, -0.2) is 8.42 Å². The lowest BCUT2D eigenvalue weighted by Crippen LogP contribution is -2.41.